The van der Waals surface area contributed by atoms with E-state index in [1.54, 1.807) is 4.90 Å². The van der Waals surface area contributed by atoms with E-state index in [4.69, 9.17) is 67.1 Å². The first kappa shape index (κ1) is 52.7. The molecule has 0 aliphatic carbocycles. The summed E-state index contributed by atoms with van der Waals surface area (Å²) >= 11 is 0. The zero-order valence-electron chi connectivity index (χ0n) is 33.8. The Hall–Kier alpha value is -3.34. The first-order valence-electron chi connectivity index (χ1n) is 19.6. The number of carbonyl (C=O) groups excluding carboxylic acids is 2. The van der Waals surface area contributed by atoms with E-state index in [2.05, 4.69) is 0 Å². The van der Waals surface area contributed by atoms with E-state index < -0.39 is 11.9 Å². The molecule has 0 fully saturated rings. The van der Waals surface area contributed by atoms with Crippen LogP contribution in [0.15, 0.2) is 30.3 Å². The van der Waals surface area contributed by atoms with Gasteiger partial charge in [0.25, 0.3) is 0 Å². The van der Waals surface area contributed by atoms with Gasteiger partial charge >= 0.3 is 17.9 Å². The first-order valence-corrected chi connectivity index (χ1v) is 19.6. The minimum atomic E-state index is -0.906. The van der Waals surface area contributed by atoms with Crippen molar-refractivity contribution in [2.75, 3.05) is 158 Å². The minimum absolute atomic E-state index is 0.0431. The van der Waals surface area contributed by atoms with Crippen LogP contribution in [0.3, 0.4) is 0 Å². The van der Waals surface area contributed by atoms with Crippen LogP contribution in [0.4, 0.5) is 0 Å². The van der Waals surface area contributed by atoms with Gasteiger partial charge in [-0.1, -0.05) is 30.3 Å². The van der Waals surface area contributed by atoms with Gasteiger partial charge in [0.15, 0.2) is 0 Å². The van der Waals surface area contributed by atoms with Crippen LogP contribution in [0.25, 0.3) is 0 Å². The zero-order valence-corrected chi connectivity index (χ0v) is 33.8. The number of hydrogen-bond donors (Lipinski definition) is 2. The number of carbonyl (C=O) groups is 4. The van der Waals surface area contributed by atoms with E-state index in [1.807, 2.05) is 30.3 Å². The molecule has 0 aliphatic heterocycles. The molecule has 1 amide bonds. The van der Waals surface area contributed by atoms with E-state index in [-0.39, 0.29) is 70.6 Å². The molecule has 0 heterocycles. The van der Waals surface area contributed by atoms with Gasteiger partial charge in [-0.25, -0.2) is 0 Å². The lowest BCUT2D eigenvalue weighted by atomic mass is 10.2. The van der Waals surface area contributed by atoms with E-state index >= 15 is 0 Å². The number of benzene rings is 1. The average molecular weight is 836 g/mol. The maximum Gasteiger partial charge on any atom is 0.308 e. The second-order valence-corrected chi connectivity index (χ2v) is 12.1. The molecule has 0 bridgehead atoms. The summed E-state index contributed by atoms with van der Waals surface area (Å²) in [6, 6.07) is 9.45. The van der Waals surface area contributed by atoms with Gasteiger partial charge in [0.05, 0.1) is 171 Å². The molecule has 58 heavy (non-hydrogen) atoms. The number of esters is 1. The molecule has 334 valence electrons. The van der Waals surface area contributed by atoms with E-state index in [0.29, 0.717) is 132 Å². The first-order chi connectivity index (χ1) is 28.4. The standard InChI is InChI=1S/C39H65NO18/c41-36(6-12-47-18-24-53-27-21-50-15-9-39(46)58-34-35-4-2-1-3-5-35)40(10-16-51-22-28-56-32-30-54-25-19-48-13-7-37(42)43)11-17-52-23-29-57-33-31-55-26-20-49-14-8-38(44)45/h1-5H,6-34H2,(H,42,43)(H,44,45). The highest BCUT2D eigenvalue weighted by molar-refractivity contribution is 5.76. The van der Waals surface area contributed by atoms with Crippen LogP contribution >= 0.6 is 0 Å². The van der Waals surface area contributed by atoms with Crippen LogP contribution in [0.2, 0.25) is 0 Å². The van der Waals surface area contributed by atoms with Crippen molar-refractivity contribution >= 4 is 23.8 Å². The lowest BCUT2D eigenvalue weighted by Gasteiger charge is -2.23. The number of carboxylic acids is 2. The van der Waals surface area contributed by atoms with E-state index in [9.17, 15) is 19.2 Å². The van der Waals surface area contributed by atoms with Crippen LogP contribution in [-0.2, 0) is 82.6 Å². The fraction of sp³-hybridized carbons (Fsp3) is 0.744. The Bertz CT molecular complexity index is 1090. The Labute approximate surface area is 341 Å². The smallest absolute Gasteiger partial charge is 0.308 e. The number of ether oxygens (including phenoxy) is 12. The van der Waals surface area contributed by atoms with Crippen molar-refractivity contribution in [3.63, 3.8) is 0 Å². The molecule has 2 N–H and O–H groups in total. The average Bonchev–Trinajstić information content (AvgIpc) is 3.21. The highest BCUT2D eigenvalue weighted by atomic mass is 16.6. The predicted octanol–water partition coefficient (Wildman–Crippen LogP) is 1.47. The Morgan fingerprint density at radius 3 is 1.07 bits per heavy atom. The summed E-state index contributed by atoms with van der Waals surface area (Å²) in [7, 11) is 0. The van der Waals surface area contributed by atoms with Crippen LogP contribution in [-0.4, -0.2) is 197 Å². The number of hydrogen-bond acceptors (Lipinski definition) is 16. The van der Waals surface area contributed by atoms with Gasteiger partial charge in [0, 0.05) is 13.1 Å². The molecule has 0 aliphatic rings. The van der Waals surface area contributed by atoms with Gasteiger partial charge in [-0.2, -0.15) is 0 Å². The Kier molecular flexibility index (Phi) is 36.7. The maximum absolute atomic E-state index is 13.0. The Morgan fingerprint density at radius 2 is 0.707 bits per heavy atom. The summed E-state index contributed by atoms with van der Waals surface area (Å²) in [4.78, 5) is 47.4. The number of aliphatic carboxylic acids is 2. The molecule has 0 atom stereocenters. The quantitative estimate of drug-likeness (QED) is 0.0702. The molecule has 1 aromatic carbocycles. The topological polar surface area (TPSA) is 223 Å². The van der Waals surface area contributed by atoms with E-state index in [0.717, 1.165) is 5.56 Å². The third-order valence-electron chi connectivity index (χ3n) is 7.41. The third-order valence-corrected chi connectivity index (χ3v) is 7.41. The lowest BCUT2D eigenvalue weighted by molar-refractivity contribution is -0.146. The summed E-state index contributed by atoms with van der Waals surface area (Å²) in [5.74, 6) is -2.25. The summed E-state index contributed by atoms with van der Waals surface area (Å²) in [5, 5.41) is 17.2. The summed E-state index contributed by atoms with van der Waals surface area (Å²) in [5.41, 5.74) is 0.926. The normalized spacial score (nSPS) is 11.2. The van der Waals surface area contributed by atoms with Crippen molar-refractivity contribution in [2.24, 2.45) is 0 Å². The minimum Gasteiger partial charge on any atom is -0.481 e. The summed E-state index contributed by atoms with van der Waals surface area (Å²) in [6.07, 6.45) is 0.243. The van der Waals surface area contributed by atoms with Gasteiger partial charge in [-0.05, 0) is 5.56 Å². The number of rotatable bonds is 44. The molecule has 1 rings (SSSR count). The van der Waals surface area contributed by atoms with Crippen molar-refractivity contribution in [2.45, 2.75) is 32.3 Å². The molecule has 0 aromatic heterocycles. The molecule has 19 heteroatoms. The van der Waals surface area contributed by atoms with Gasteiger partial charge in [-0.3, -0.25) is 19.2 Å². The van der Waals surface area contributed by atoms with Gasteiger partial charge in [-0.15, -0.1) is 0 Å². The van der Waals surface area contributed by atoms with Gasteiger partial charge in [0.1, 0.15) is 6.61 Å². The molecule has 19 nitrogen and oxygen atoms in total. The van der Waals surface area contributed by atoms with Crippen molar-refractivity contribution in [1.29, 1.82) is 0 Å². The van der Waals surface area contributed by atoms with Crippen molar-refractivity contribution < 1.29 is 86.2 Å². The fourth-order valence-electron chi connectivity index (χ4n) is 4.38. The van der Waals surface area contributed by atoms with Gasteiger partial charge in [0.2, 0.25) is 5.91 Å². The number of amides is 1. The molecular weight excluding hydrogens is 770 g/mol. The van der Waals surface area contributed by atoms with Crippen molar-refractivity contribution in [3.8, 4) is 0 Å². The largest absolute Gasteiger partial charge is 0.481 e. The maximum atomic E-state index is 13.0. The molecule has 0 radical (unpaired) electrons. The zero-order chi connectivity index (χ0) is 42.0. The van der Waals surface area contributed by atoms with Crippen molar-refractivity contribution in [1.82, 2.24) is 4.90 Å². The number of nitrogens with zero attached hydrogens (tertiary/aromatic N) is 1. The Balaban J connectivity index is 2.16. The molecule has 1 aromatic rings. The summed E-state index contributed by atoms with van der Waals surface area (Å²) < 4.78 is 65.1. The molecule has 0 unspecified atom stereocenters. The highest BCUT2D eigenvalue weighted by Crippen LogP contribution is 2.02. The SMILES string of the molecule is O=C(O)CCOCCOCCOCCOCCN(CCOCCOCCOCCOCCC(=O)O)C(=O)CCOCCOCCOCCC(=O)OCc1ccccc1. The van der Waals surface area contributed by atoms with E-state index in [1.165, 1.54) is 0 Å². The second kappa shape index (κ2) is 40.4. The molecular formula is C39H65NO18. The van der Waals surface area contributed by atoms with Crippen LogP contribution in [0.5, 0.6) is 0 Å². The predicted molar refractivity (Wildman–Crippen MR) is 206 cm³/mol. The monoisotopic (exact) mass is 835 g/mol. The lowest BCUT2D eigenvalue weighted by Crippen LogP contribution is -2.37. The summed E-state index contributed by atoms with van der Waals surface area (Å²) in [6.45, 7) is 7.79. The highest BCUT2D eigenvalue weighted by Gasteiger charge is 2.13. The Morgan fingerprint density at radius 1 is 0.397 bits per heavy atom. The fourth-order valence-corrected chi connectivity index (χ4v) is 4.38. The van der Waals surface area contributed by atoms with Crippen LogP contribution in [0, 0.1) is 0 Å². The van der Waals surface area contributed by atoms with Crippen molar-refractivity contribution in [3.05, 3.63) is 35.9 Å². The molecule has 0 saturated heterocycles. The van der Waals surface area contributed by atoms with Gasteiger partial charge < -0.3 is 72.0 Å². The molecule has 0 saturated carbocycles. The second-order valence-electron chi connectivity index (χ2n) is 12.1. The van der Waals surface area contributed by atoms with Crippen LogP contribution < -0.4 is 0 Å². The number of carboxylic acid groups (broad SMARTS) is 2. The molecule has 0 spiro atoms. The third kappa shape index (κ3) is 37.0. The van der Waals surface area contributed by atoms with Crippen LogP contribution in [0.1, 0.15) is 31.2 Å².